The van der Waals surface area contributed by atoms with Gasteiger partial charge in [-0.2, -0.15) is 4.98 Å². The zero-order valence-corrected chi connectivity index (χ0v) is 15.5. The van der Waals surface area contributed by atoms with Crippen LogP contribution in [0.15, 0.2) is 47.0 Å². The Morgan fingerprint density at radius 1 is 1.15 bits per heavy atom. The first kappa shape index (κ1) is 17.1. The Bertz CT molecular complexity index is 986. The number of carbonyl (C=O) groups is 1. The summed E-state index contributed by atoms with van der Waals surface area (Å²) in [6.45, 7) is 2.43. The Labute approximate surface area is 160 Å². The highest BCUT2D eigenvalue weighted by Gasteiger charge is 2.35. The van der Waals surface area contributed by atoms with Crippen molar-refractivity contribution in [2.75, 3.05) is 11.4 Å². The lowest BCUT2D eigenvalue weighted by molar-refractivity contribution is -0.117. The molecule has 1 unspecified atom stereocenters. The van der Waals surface area contributed by atoms with Gasteiger partial charge >= 0.3 is 0 Å². The molecular weight excluding hydrogens is 373 g/mol. The van der Waals surface area contributed by atoms with E-state index in [1.807, 2.05) is 31.2 Å². The summed E-state index contributed by atoms with van der Waals surface area (Å²) in [6, 6.07) is 12.8. The molecule has 1 atom stereocenters. The molecule has 132 valence electrons. The second-order valence-corrected chi connectivity index (χ2v) is 7.18. The van der Waals surface area contributed by atoms with Crippen LogP contribution in [-0.4, -0.2) is 22.6 Å². The van der Waals surface area contributed by atoms with Crippen LogP contribution in [0.2, 0.25) is 10.0 Å². The second-order valence-electron chi connectivity index (χ2n) is 6.30. The molecule has 0 aliphatic carbocycles. The number of nitrogens with zero attached hydrogens (tertiary/aromatic N) is 3. The number of benzene rings is 2. The van der Waals surface area contributed by atoms with Crippen molar-refractivity contribution >= 4 is 34.8 Å². The van der Waals surface area contributed by atoms with Crippen molar-refractivity contribution in [1.82, 2.24) is 10.1 Å². The van der Waals surface area contributed by atoms with E-state index in [-0.39, 0.29) is 11.8 Å². The van der Waals surface area contributed by atoms with Crippen molar-refractivity contribution in [2.45, 2.75) is 19.3 Å². The fraction of sp³-hybridized carbons (Fsp3) is 0.211. The summed E-state index contributed by atoms with van der Waals surface area (Å²) in [5.41, 5.74) is 2.59. The number of rotatable bonds is 3. The molecule has 1 saturated heterocycles. The first-order chi connectivity index (χ1) is 12.5. The van der Waals surface area contributed by atoms with Crippen LogP contribution < -0.4 is 4.90 Å². The number of anilines is 1. The van der Waals surface area contributed by atoms with E-state index in [0.29, 0.717) is 34.7 Å². The summed E-state index contributed by atoms with van der Waals surface area (Å²) < 4.78 is 5.42. The maximum Gasteiger partial charge on any atom is 0.232 e. The minimum Gasteiger partial charge on any atom is -0.339 e. The van der Waals surface area contributed by atoms with Crippen molar-refractivity contribution < 1.29 is 9.32 Å². The van der Waals surface area contributed by atoms with Gasteiger partial charge in [-0.25, -0.2) is 0 Å². The number of aromatic nitrogens is 2. The molecule has 1 aromatic heterocycles. The van der Waals surface area contributed by atoms with Gasteiger partial charge in [-0.3, -0.25) is 4.79 Å². The van der Waals surface area contributed by atoms with Gasteiger partial charge < -0.3 is 9.42 Å². The van der Waals surface area contributed by atoms with E-state index in [0.717, 1.165) is 16.8 Å². The van der Waals surface area contributed by atoms with Crippen LogP contribution in [0.1, 0.15) is 23.8 Å². The van der Waals surface area contributed by atoms with Crippen molar-refractivity contribution in [2.24, 2.45) is 0 Å². The molecule has 3 aromatic rings. The van der Waals surface area contributed by atoms with E-state index in [1.54, 1.807) is 23.1 Å². The van der Waals surface area contributed by atoms with Gasteiger partial charge in [0.05, 0.1) is 5.92 Å². The molecule has 1 aliphatic heterocycles. The Morgan fingerprint density at radius 3 is 2.73 bits per heavy atom. The molecule has 4 rings (SSSR count). The van der Waals surface area contributed by atoms with E-state index >= 15 is 0 Å². The first-order valence-electron chi connectivity index (χ1n) is 8.17. The molecule has 0 bridgehead atoms. The largest absolute Gasteiger partial charge is 0.339 e. The van der Waals surface area contributed by atoms with Gasteiger partial charge in [0, 0.05) is 34.3 Å². The maximum absolute atomic E-state index is 12.5. The molecule has 2 aromatic carbocycles. The molecule has 0 N–H and O–H groups in total. The molecule has 1 fully saturated rings. The summed E-state index contributed by atoms with van der Waals surface area (Å²) in [5.74, 6) is 0.819. The topological polar surface area (TPSA) is 59.2 Å². The third-order valence-corrected chi connectivity index (χ3v) is 4.92. The highest BCUT2D eigenvalue weighted by atomic mass is 35.5. The third-order valence-electron chi connectivity index (χ3n) is 4.45. The number of halogens is 2. The Balaban J connectivity index is 1.58. The van der Waals surface area contributed by atoms with Crippen molar-refractivity contribution in [3.63, 3.8) is 0 Å². The molecule has 7 heteroatoms. The quantitative estimate of drug-likeness (QED) is 0.642. The highest BCUT2D eigenvalue weighted by Crippen LogP contribution is 2.34. The Hall–Kier alpha value is -2.37. The Kier molecular flexibility index (Phi) is 4.42. The molecular formula is C19H15Cl2N3O2. The number of hydrogen-bond donors (Lipinski definition) is 0. The molecule has 0 saturated carbocycles. The van der Waals surface area contributed by atoms with Crippen LogP contribution in [-0.2, 0) is 4.79 Å². The molecule has 0 radical (unpaired) electrons. The zero-order valence-electron chi connectivity index (χ0n) is 13.9. The molecule has 5 nitrogen and oxygen atoms in total. The van der Waals surface area contributed by atoms with E-state index in [4.69, 9.17) is 27.7 Å². The van der Waals surface area contributed by atoms with Crippen LogP contribution in [0.5, 0.6) is 0 Å². The van der Waals surface area contributed by atoms with Crippen LogP contribution in [0.3, 0.4) is 0 Å². The summed E-state index contributed by atoms with van der Waals surface area (Å²) in [5, 5.41) is 5.29. The smallest absolute Gasteiger partial charge is 0.232 e. The van der Waals surface area contributed by atoms with Gasteiger partial charge in [-0.15, -0.1) is 0 Å². The normalized spacial score (nSPS) is 17.1. The predicted octanol–water partition coefficient (Wildman–Crippen LogP) is 4.87. The SMILES string of the molecule is Cc1cc(Cl)ccc1N1CC(c2nc(-c3cccc(Cl)c3)no2)CC1=O. The predicted molar refractivity (Wildman–Crippen MR) is 101 cm³/mol. The number of carbonyl (C=O) groups excluding carboxylic acids is 1. The van der Waals surface area contributed by atoms with Crippen LogP contribution in [0, 0.1) is 6.92 Å². The van der Waals surface area contributed by atoms with Gasteiger partial charge in [0.15, 0.2) is 0 Å². The van der Waals surface area contributed by atoms with Gasteiger partial charge in [0.25, 0.3) is 0 Å². The molecule has 2 heterocycles. The summed E-state index contributed by atoms with van der Waals surface area (Å²) in [7, 11) is 0. The van der Waals surface area contributed by atoms with E-state index < -0.39 is 0 Å². The van der Waals surface area contributed by atoms with Crippen molar-refractivity contribution in [1.29, 1.82) is 0 Å². The second kappa shape index (κ2) is 6.74. The van der Waals surface area contributed by atoms with Gasteiger partial charge in [-0.05, 0) is 42.8 Å². The van der Waals surface area contributed by atoms with Gasteiger partial charge in [0.1, 0.15) is 0 Å². The fourth-order valence-corrected chi connectivity index (χ4v) is 3.59. The van der Waals surface area contributed by atoms with Crippen LogP contribution in [0.25, 0.3) is 11.4 Å². The zero-order chi connectivity index (χ0) is 18.3. The average molecular weight is 388 g/mol. The van der Waals surface area contributed by atoms with E-state index in [2.05, 4.69) is 10.1 Å². The Morgan fingerprint density at radius 2 is 1.96 bits per heavy atom. The minimum absolute atomic E-state index is 0.0305. The highest BCUT2D eigenvalue weighted by molar-refractivity contribution is 6.31. The monoisotopic (exact) mass is 387 g/mol. The van der Waals surface area contributed by atoms with Crippen LogP contribution >= 0.6 is 23.2 Å². The van der Waals surface area contributed by atoms with Gasteiger partial charge in [-0.1, -0.05) is 40.5 Å². The van der Waals surface area contributed by atoms with Crippen molar-refractivity contribution in [3.8, 4) is 11.4 Å². The average Bonchev–Trinajstić information content (AvgIpc) is 3.22. The summed E-state index contributed by atoms with van der Waals surface area (Å²) in [4.78, 5) is 18.7. The fourth-order valence-electron chi connectivity index (χ4n) is 3.17. The van der Waals surface area contributed by atoms with Gasteiger partial charge in [0.2, 0.25) is 17.6 Å². The lowest BCUT2D eigenvalue weighted by Gasteiger charge is -2.18. The molecule has 0 spiro atoms. The number of amides is 1. The summed E-state index contributed by atoms with van der Waals surface area (Å²) >= 11 is 12.0. The molecule has 26 heavy (non-hydrogen) atoms. The van der Waals surface area contributed by atoms with E-state index in [1.165, 1.54) is 0 Å². The van der Waals surface area contributed by atoms with E-state index in [9.17, 15) is 4.79 Å². The minimum atomic E-state index is -0.141. The van der Waals surface area contributed by atoms with Crippen molar-refractivity contribution in [3.05, 3.63) is 64.0 Å². The lowest BCUT2D eigenvalue weighted by Crippen LogP contribution is -2.25. The lowest BCUT2D eigenvalue weighted by atomic mass is 10.1. The molecule has 1 amide bonds. The number of aryl methyl sites for hydroxylation is 1. The molecule has 1 aliphatic rings. The number of hydrogen-bond acceptors (Lipinski definition) is 4. The maximum atomic E-state index is 12.5. The standard InChI is InChI=1S/C19H15Cl2N3O2/c1-11-7-15(21)5-6-16(11)24-10-13(9-17(24)25)19-22-18(23-26-19)12-3-2-4-14(20)8-12/h2-8,13H,9-10H2,1H3. The third kappa shape index (κ3) is 3.20. The summed E-state index contributed by atoms with van der Waals surface area (Å²) in [6.07, 6.45) is 0.333. The van der Waals surface area contributed by atoms with Crippen LogP contribution in [0.4, 0.5) is 5.69 Å². The first-order valence-corrected chi connectivity index (χ1v) is 8.93.